The molecular weight excluding hydrogens is 192 g/mol. The first-order valence-corrected chi connectivity index (χ1v) is 5.18. The van der Waals surface area contributed by atoms with E-state index in [-0.39, 0.29) is 6.10 Å². The van der Waals surface area contributed by atoms with E-state index in [1.54, 1.807) is 0 Å². The van der Waals surface area contributed by atoms with Crippen LogP contribution < -0.4 is 0 Å². The first-order chi connectivity index (χ1) is 7.25. The lowest BCUT2D eigenvalue weighted by atomic mass is 10.1. The van der Waals surface area contributed by atoms with Crippen LogP contribution in [0.1, 0.15) is 18.4 Å². The lowest BCUT2D eigenvalue weighted by Crippen LogP contribution is -2.27. The van der Waals surface area contributed by atoms with Crippen molar-refractivity contribution in [2.24, 2.45) is 0 Å². The predicted molar refractivity (Wildman–Crippen MR) is 55.7 cm³/mol. The van der Waals surface area contributed by atoms with E-state index in [1.165, 1.54) is 0 Å². The highest BCUT2D eigenvalue weighted by Gasteiger charge is 2.29. The Hall–Kier alpha value is -1.35. The molecule has 0 spiro atoms. The summed E-state index contributed by atoms with van der Waals surface area (Å²) in [7, 11) is 0. The molecule has 1 saturated carbocycles. The molecule has 0 aliphatic heterocycles. The second-order valence-corrected chi connectivity index (χ2v) is 3.85. The third kappa shape index (κ3) is 3.06. The molecule has 0 saturated heterocycles. The summed E-state index contributed by atoms with van der Waals surface area (Å²) in [5.41, 5.74) is 1.01. The van der Waals surface area contributed by atoms with Gasteiger partial charge in [0.2, 0.25) is 0 Å². The van der Waals surface area contributed by atoms with Crippen molar-refractivity contribution < 1.29 is 14.6 Å². The van der Waals surface area contributed by atoms with Crippen LogP contribution in [0.25, 0.3) is 0 Å². The minimum absolute atomic E-state index is 0.176. The zero-order chi connectivity index (χ0) is 10.7. The Morgan fingerprint density at radius 1 is 1.40 bits per heavy atom. The molecule has 1 aromatic carbocycles. The van der Waals surface area contributed by atoms with Gasteiger partial charge in [-0.15, -0.1) is 0 Å². The van der Waals surface area contributed by atoms with Gasteiger partial charge >= 0.3 is 5.97 Å². The summed E-state index contributed by atoms with van der Waals surface area (Å²) in [5.74, 6) is -0.870. The van der Waals surface area contributed by atoms with Crippen molar-refractivity contribution in [3.8, 4) is 0 Å². The maximum atomic E-state index is 10.9. The summed E-state index contributed by atoms with van der Waals surface area (Å²) in [4.78, 5) is 10.9. The minimum atomic E-state index is -0.870. The second kappa shape index (κ2) is 4.45. The molecule has 1 N–H and O–H groups in total. The highest BCUT2D eigenvalue weighted by atomic mass is 16.5. The van der Waals surface area contributed by atoms with Gasteiger partial charge in [0.1, 0.15) is 0 Å². The summed E-state index contributed by atoms with van der Waals surface area (Å²) >= 11 is 0. The van der Waals surface area contributed by atoms with Gasteiger partial charge in [-0.2, -0.15) is 0 Å². The van der Waals surface area contributed by atoms with Crippen LogP contribution in [-0.4, -0.2) is 23.3 Å². The molecular formula is C12H14O3. The van der Waals surface area contributed by atoms with Gasteiger partial charge in [0.25, 0.3) is 0 Å². The Bertz CT molecular complexity index is 330. The van der Waals surface area contributed by atoms with Crippen molar-refractivity contribution in [1.82, 2.24) is 0 Å². The number of ether oxygens (including phenoxy) is 1. The van der Waals surface area contributed by atoms with E-state index in [0.717, 1.165) is 18.4 Å². The topological polar surface area (TPSA) is 46.5 Å². The van der Waals surface area contributed by atoms with Gasteiger partial charge < -0.3 is 9.84 Å². The third-order valence-corrected chi connectivity index (χ3v) is 2.42. The summed E-state index contributed by atoms with van der Waals surface area (Å²) < 4.78 is 5.43. The quantitative estimate of drug-likeness (QED) is 0.799. The molecule has 1 fully saturated rings. The number of rotatable bonds is 5. The minimum Gasteiger partial charge on any atom is -0.479 e. The number of aliphatic carboxylic acids is 1. The van der Waals surface area contributed by atoms with E-state index in [1.807, 2.05) is 30.3 Å². The summed E-state index contributed by atoms with van der Waals surface area (Å²) in [6, 6.07) is 9.58. The Balaban J connectivity index is 1.96. The second-order valence-electron chi connectivity index (χ2n) is 3.85. The van der Waals surface area contributed by atoms with E-state index < -0.39 is 12.1 Å². The van der Waals surface area contributed by atoms with Crippen LogP contribution in [-0.2, 0) is 16.0 Å². The molecule has 0 aromatic heterocycles. The van der Waals surface area contributed by atoms with Crippen molar-refractivity contribution >= 4 is 5.97 Å². The Morgan fingerprint density at radius 3 is 2.60 bits per heavy atom. The number of hydrogen-bond donors (Lipinski definition) is 1. The molecule has 1 aromatic rings. The number of carboxylic acids is 1. The zero-order valence-electron chi connectivity index (χ0n) is 8.43. The lowest BCUT2D eigenvalue weighted by Gasteiger charge is -2.12. The van der Waals surface area contributed by atoms with E-state index in [0.29, 0.717) is 6.42 Å². The van der Waals surface area contributed by atoms with E-state index in [4.69, 9.17) is 9.84 Å². The summed E-state index contributed by atoms with van der Waals surface area (Å²) in [6.45, 7) is 0. The van der Waals surface area contributed by atoms with Crippen molar-refractivity contribution in [2.75, 3.05) is 0 Å². The highest BCUT2D eigenvalue weighted by molar-refractivity contribution is 5.72. The third-order valence-electron chi connectivity index (χ3n) is 2.42. The molecule has 3 heteroatoms. The molecule has 3 nitrogen and oxygen atoms in total. The molecule has 1 atom stereocenters. The van der Waals surface area contributed by atoms with Crippen LogP contribution in [0.5, 0.6) is 0 Å². The maximum absolute atomic E-state index is 10.9. The normalized spacial score (nSPS) is 17.3. The molecule has 0 bridgehead atoms. The first kappa shape index (κ1) is 10.2. The van der Waals surface area contributed by atoms with Gasteiger partial charge in [-0.1, -0.05) is 30.3 Å². The Morgan fingerprint density at radius 2 is 2.07 bits per heavy atom. The molecule has 0 heterocycles. The molecule has 0 unspecified atom stereocenters. The number of hydrogen-bond acceptors (Lipinski definition) is 2. The molecule has 0 amide bonds. The Labute approximate surface area is 88.7 Å². The lowest BCUT2D eigenvalue weighted by molar-refractivity contribution is -0.151. The summed E-state index contributed by atoms with van der Waals surface area (Å²) in [6.07, 6.45) is 1.93. The SMILES string of the molecule is O=C(O)[C@H](Cc1ccccc1)OC1CC1. The fraction of sp³-hybridized carbons (Fsp3) is 0.417. The number of benzene rings is 1. The Kier molecular flexibility index (Phi) is 3.02. The number of carbonyl (C=O) groups is 1. The molecule has 80 valence electrons. The van der Waals surface area contributed by atoms with Gasteiger partial charge in [-0.25, -0.2) is 4.79 Å². The standard InChI is InChI=1S/C12H14O3/c13-12(14)11(15-10-6-7-10)8-9-4-2-1-3-5-9/h1-5,10-11H,6-8H2,(H,13,14)/t11-/m0/s1. The van der Waals surface area contributed by atoms with Gasteiger partial charge in [0.15, 0.2) is 6.10 Å². The molecule has 1 aliphatic carbocycles. The van der Waals surface area contributed by atoms with E-state index in [2.05, 4.69) is 0 Å². The average Bonchev–Trinajstić information content (AvgIpc) is 3.02. The average molecular weight is 206 g/mol. The first-order valence-electron chi connectivity index (χ1n) is 5.18. The molecule has 2 rings (SSSR count). The fourth-order valence-electron chi connectivity index (χ4n) is 1.46. The number of carboxylic acid groups (broad SMARTS) is 1. The van der Waals surface area contributed by atoms with Crippen molar-refractivity contribution in [2.45, 2.75) is 31.5 Å². The van der Waals surface area contributed by atoms with Crippen molar-refractivity contribution in [1.29, 1.82) is 0 Å². The van der Waals surface area contributed by atoms with Crippen LogP contribution in [0.3, 0.4) is 0 Å². The highest BCUT2D eigenvalue weighted by Crippen LogP contribution is 2.26. The molecule has 0 radical (unpaired) electrons. The van der Waals surface area contributed by atoms with Crippen LogP contribution in [0.15, 0.2) is 30.3 Å². The predicted octanol–water partition coefficient (Wildman–Crippen LogP) is 1.86. The van der Waals surface area contributed by atoms with Gasteiger partial charge in [0.05, 0.1) is 6.10 Å². The zero-order valence-corrected chi connectivity index (χ0v) is 8.43. The maximum Gasteiger partial charge on any atom is 0.333 e. The van der Waals surface area contributed by atoms with E-state index in [9.17, 15) is 4.79 Å². The van der Waals surface area contributed by atoms with Gasteiger partial charge in [-0.05, 0) is 18.4 Å². The smallest absolute Gasteiger partial charge is 0.333 e. The monoisotopic (exact) mass is 206 g/mol. The van der Waals surface area contributed by atoms with Crippen molar-refractivity contribution in [3.63, 3.8) is 0 Å². The van der Waals surface area contributed by atoms with Crippen LogP contribution in [0.2, 0.25) is 0 Å². The molecule has 1 aliphatic rings. The molecule has 15 heavy (non-hydrogen) atoms. The van der Waals surface area contributed by atoms with Crippen LogP contribution in [0, 0.1) is 0 Å². The fourth-order valence-corrected chi connectivity index (χ4v) is 1.46. The van der Waals surface area contributed by atoms with Crippen molar-refractivity contribution in [3.05, 3.63) is 35.9 Å². The van der Waals surface area contributed by atoms with Gasteiger partial charge in [-0.3, -0.25) is 0 Å². The van der Waals surface area contributed by atoms with Crippen LogP contribution >= 0.6 is 0 Å². The largest absolute Gasteiger partial charge is 0.479 e. The summed E-state index contributed by atoms with van der Waals surface area (Å²) in [5, 5.41) is 8.99. The van der Waals surface area contributed by atoms with Crippen LogP contribution in [0.4, 0.5) is 0 Å². The van der Waals surface area contributed by atoms with Gasteiger partial charge in [0, 0.05) is 6.42 Å². The van der Waals surface area contributed by atoms with E-state index >= 15 is 0 Å².